The summed E-state index contributed by atoms with van der Waals surface area (Å²) in [6.07, 6.45) is -0.422. The average Bonchev–Trinajstić information content (AvgIpc) is 2.98. The zero-order valence-corrected chi connectivity index (χ0v) is 14.0. The van der Waals surface area contributed by atoms with Crippen LogP contribution in [-0.2, 0) is 19.6 Å². The number of aliphatic hydroxyl groups is 2. The lowest BCUT2D eigenvalue weighted by molar-refractivity contribution is 0.0633. The fourth-order valence-corrected chi connectivity index (χ4v) is 3.40. The van der Waals surface area contributed by atoms with Crippen molar-refractivity contribution in [2.45, 2.75) is 25.7 Å². The van der Waals surface area contributed by atoms with Crippen molar-refractivity contribution >= 4 is 0 Å². The molecule has 2 aromatic rings. The minimum Gasteiger partial charge on any atom is -0.395 e. The van der Waals surface area contributed by atoms with Gasteiger partial charge in [0.1, 0.15) is 0 Å². The largest absolute Gasteiger partial charge is 0.395 e. The van der Waals surface area contributed by atoms with Crippen LogP contribution in [0.5, 0.6) is 0 Å². The van der Waals surface area contributed by atoms with Gasteiger partial charge in [-0.05, 0) is 16.7 Å². The van der Waals surface area contributed by atoms with Gasteiger partial charge in [-0.15, -0.1) is 0 Å². The third-order valence-corrected chi connectivity index (χ3v) is 4.51. The van der Waals surface area contributed by atoms with E-state index in [0.717, 1.165) is 19.6 Å². The van der Waals surface area contributed by atoms with Crippen molar-refractivity contribution in [3.63, 3.8) is 0 Å². The van der Waals surface area contributed by atoms with Crippen LogP contribution in [0.4, 0.5) is 0 Å². The molecule has 3 rings (SSSR count). The standard InChI is InChI=1S/C20H26N2O2/c23-11-10-21(12-17-6-2-1-3-7-17)15-20(24)16-22-13-18-8-4-5-9-19(18)14-22/h1-9,20,23-24H,10-16H2. The summed E-state index contributed by atoms with van der Waals surface area (Å²) in [7, 11) is 0. The molecule has 0 radical (unpaired) electrons. The van der Waals surface area contributed by atoms with Crippen LogP contribution in [0.3, 0.4) is 0 Å². The van der Waals surface area contributed by atoms with Crippen molar-refractivity contribution in [3.05, 3.63) is 71.3 Å². The summed E-state index contributed by atoms with van der Waals surface area (Å²) < 4.78 is 0. The van der Waals surface area contributed by atoms with Crippen LogP contribution >= 0.6 is 0 Å². The molecule has 1 atom stereocenters. The minimum atomic E-state index is -0.422. The molecule has 0 amide bonds. The monoisotopic (exact) mass is 326 g/mol. The summed E-state index contributed by atoms with van der Waals surface area (Å²) in [5, 5.41) is 19.8. The third kappa shape index (κ3) is 4.65. The molecule has 0 aromatic heterocycles. The Morgan fingerprint density at radius 1 is 0.958 bits per heavy atom. The molecular formula is C20H26N2O2. The number of hydrogen-bond donors (Lipinski definition) is 2. The van der Waals surface area contributed by atoms with Crippen LogP contribution in [0, 0.1) is 0 Å². The fourth-order valence-electron chi connectivity index (χ4n) is 3.40. The fraction of sp³-hybridized carbons (Fsp3) is 0.400. The molecule has 2 N–H and O–H groups in total. The lowest BCUT2D eigenvalue weighted by Gasteiger charge is -2.27. The first-order valence-electron chi connectivity index (χ1n) is 8.59. The van der Waals surface area contributed by atoms with E-state index < -0.39 is 6.10 Å². The Hall–Kier alpha value is -1.72. The van der Waals surface area contributed by atoms with Crippen LogP contribution in [0.2, 0.25) is 0 Å². The van der Waals surface area contributed by atoms with E-state index in [1.54, 1.807) is 0 Å². The normalized spacial score (nSPS) is 15.6. The first-order valence-corrected chi connectivity index (χ1v) is 8.59. The van der Waals surface area contributed by atoms with Crippen LogP contribution in [0.25, 0.3) is 0 Å². The van der Waals surface area contributed by atoms with Crippen molar-refractivity contribution < 1.29 is 10.2 Å². The Kier molecular flexibility index (Phi) is 5.99. The highest BCUT2D eigenvalue weighted by molar-refractivity contribution is 5.30. The van der Waals surface area contributed by atoms with Gasteiger partial charge in [0.15, 0.2) is 0 Å². The highest BCUT2D eigenvalue weighted by atomic mass is 16.3. The van der Waals surface area contributed by atoms with Gasteiger partial charge in [-0.3, -0.25) is 9.80 Å². The summed E-state index contributed by atoms with van der Waals surface area (Å²) in [5.74, 6) is 0. The quantitative estimate of drug-likeness (QED) is 0.777. The van der Waals surface area contributed by atoms with Gasteiger partial charge in [-0.25, -0.2) is 0 Å². The van der Waals surface area contributed by atoms with Crippen molar-refractivity contribution in [1.82, 2.24) is 9.80 Å². The minimum absolute atomic E-state index is 0.106. The summed E-state index contributed by atoms with van der Waals surface area (Å²) in [6.45, 7) is 4.48. The van der Waals surface area contributed by atoms with Gasteiger partial charge in [-0.2, -0.15) is 0 Å². The lowest BCUT2D eigenvalue weighted by atomic mass is 10.1. The van der Waals surface area contributed by atoms with E-state index in [4.69, 9.17) is 0 Å². The molecule has 4 nitrogen and oxygen atoms in total. The van der Waals surface area contributed by atoms with E-state index in [2.05, 4.69) is 46.2 Å². The van der Waals surface area contributed by atoms with E-state index in [0.29, 0.717) is 19.6 Å². The van der Waals surface area contributed by atoms with Crippen molar-refractivity contribution in [1.29, 1.82) is 0 Å². The van der Waals surface area contributed by atoms with Gasteiger partial charge >= 0.3 is 0 Å². The van der Waals surface area contributed by atoms with E-state index in [1.165, 1.54) is 16.7 Å². The Morgan fingerprint density at radius 2 is 1.58 bits per heavy atom. The average molecular weight is 326 g/mol. The maximum Gasteiger partial charge on any atom is 0.0794 e. The zero-order valence-electron chi connectivity index (χ0n) is 14.0. The molecule has 4 heteroatoms. The Balaban J connectivity index is 1.51. The number of nitrogens with zero attached hydrogens (tertiary/aromatic N) is 2. The Labute approximate surface area is 144 Å². The maximum atomic E-state index is 10.5. The number of aliphatic hydroxyl groups excluding tert-OH is 2. The molecule has 0 spiro atoms. The van der Waals surface area contributed by atoms with E-state index >= 15 is 0 Å². The van der Waals surface area contributed by atoms with Gasteiger partial charge in [0.2, 0.25) is 0 Å². The molecule has 1 unspecified atom stereocenters. The van der Waals surface area contributed by atoms with Crippen LogP contribution in [0.1, 0.15) is 16.7 Å². The topological polar surface area (TPSA) is 46.9 Å². The molecule has 0 bridgehead atoms. The molecular weight excluding hydrogens is 300 g/mol. The van der Waals surface area contributed by atoms with Gasteiger partial charge in [0.25, 0.3) is 0 Å². The van der Waals surface area contributed by atoms with E-state index in [-0.39, 0.29) is 6.61 Å². The second-order valence-corrected chi connectivity index (χ2v) is 6.54. The maximum absolute atomic E-state index is 10.5. The van der Waals surface area contributed by atoms with Crippen molar-refractivity contribution in [3.8, 4) is 0 Å². The summed E-state index contributed by atoms with van der Waals surface area (Å²) >= 11 is 0. The Morgan fingerprint density at radius 3 is 2.21 bits per heavy atom. The highest BCUT2D eigenvalue weighted by Gasteiger charge is 2.21. The molecule has 0 saturated heterocycles. The Bertz CT molecular complexity index is 608. The number of benzene rings is 2. The van der Waals surface area contributed by atoms with E-state index in [1.807, 2.05) is 18.2 Å². The molecule has 24 heavy (non-hydrogen) atoms. The summed E-state index contributed by atoms with van der Waals surface area (Å²) in [4.78, 5) is 4.40. The first kappa shape index (κ1) is 17.1. The van der Waals surface area contributed by atoms with Gasteiger partial charge in [0.05, 0.1) is 12.7 Å². The second-order valence-electron chi connectivity index (χ2n) is 6.54. The van der Waals surface area contributed by atoms with Gasteiger partial charge in [-0.1, -0.05) is 54.6 Å². The number of fused-ring (bicyclic) bond motifs is 1. The molecule has 128 valence electrons. The second kappa shape index (κ2) is 8.40. The van der Waals surface area contributed by atoms with Crippen LogP contribution < -0.4 is 0 Å². The molecule has 0 fully saturated rings. The smallest absolute Gasteiger partial charge is 0.0794 e. The zero-order chi connectivity index (χ0) is 16.8. The predicted molar refractivity (Wildman–Crippen MR) is 95.4 cm³/mol. The highest BCUT2D eigenvalue weighted by Crippen LogP contribution is 2.22. The van der Waals surface area contributed by atoms with Crippen molar-refractivity contribution in [2.75, 3.05) is 26.2 Å². The summed E-state index contributed by atoms with van der Waals surface area (Å²) in [5.41, 5.74) is 3.93. The number of rotatable bonds is 8. The lowest BCUT2D eigenvalue weighted by Crippen LogP contribution is -2.39. The first-order chi connectivity index (χ1) is 11.7. The summed E-state index contributed by atoms with van der Waals surface area (Å²) in [6, 6.07) is 18.7. The number of hydrogen-bond acceptors (Lipinski definition) is 4. The molecule has 1 aliphatic rings. The molecule has 1 heterocycles. The van der Waals surface area contributed by atoms with Gasteiger partial charge in [0, 0.05) is 39.3 Å². The predicted octanol–water partition coefficient (Wildman–Crippen LogP) is 1.86. The number of β-amino-alcohol motifs (C(OH)–C–C–N with tert-alkyl or cyclic N) is 1. The molecule has 0 saturated carbocycles. The van der Waals surface area contributed by atoms with Crippen LogP contribution in [-0.4, -0.2) is 52.4 Å². The van der Waals surface area contributed by atoms with Gasteiger partial charge < -0.3 is 10.2 Å². The SMILES string of the molecule is OCCN(Cc1ccccc1)CC(O)CN1Cc2ccccc2C1. The molecule has 2 aromatic carbocycles. The molecule has 0 aliphatic carbocycles. The van der Waals surface area contributed by atoms with Crippen LogP contribution in [0.15, 0.2) is 54.6 Å². The van der Waals surface area contributed by atoms with Crippen molar-refractivity contribution in [2.24, 2.45) is 0 Å². The third-order valence-electron chi connectivity index (χ3n) is 4.51. The molecule has 1 aliphatic heterocycles. The van der Waals surface area contributed by atoms with E-state index in [9.17, 15) is 10.2 Å².